The van der Waals surface area contributed by atoms with Crippen molar-refractivity contribution in [1.29, 1.82) is 0 Å². The summed E-state index contributed by atoms with van der Waals surface area (Å²) >= 11 is 0. The minimum absolute atomic E-state index is 0.589. The minimum atomic E-state index is 0.589. The lowest BCUT2D eigenvalue weighted by molar-refractivity contribution is 0.0150. The summed E-state index contributed by atoms with van der Waals surface area (Å²) in [6, 6.07) is 0. The monoisotopic (exact) mass is 204 g/mol. The molecule has 15 heavy (non-hydrogen) atoms. The fraction of sp³-hybridized carbons (Fsp3) is 0.867. The van der Waals surface area contributed by atoms with E-state index in [9.17, 15) is 0 Å². The van der Waals surface area contributed by atoms with Crippen LogP contribution in [0.1, 0.15) is 59.8 Å². The predicted molar refractivity (Wildman–Crippen MR) is 64.7 cm³/mol. The minimum Gasteiger partial charge on any atom is -0.0738 e. The van der Waals surface area contributed by atoms with Gasteiger partial charge in [-0.3, -0.25) is 0 Å². The normalized spacial score (nSPS) is 47.2. The molecule has 3 rings (SSSR count). The third-order valence-electron chi connectivity index (χ3n) is 6.52. The maximum atomic E-state index is 2.58. The van der Waals surface area contributed by atoms with Crippen molar-refractivity contribution in [2.45, 2.75) is 59.8 Å². The Morgan fingerprint density at radius 3 is 2.60 bits per heavy atom. The van der Waals surface area contributed by atoms with Crippen LogP contribution in [-0.4, -0.2) is 0 Å². The Labute approximate surface area is 94.1 Å². The fourth-order valence-electron chi connectivity index (χ4n) is 4.88. The van der Waals surface area contributed by atoms with Gasteiger partial charge in [0, 0.05) is 0 Å². The zero-order valence-corrected chi connectivity index (χ0v) is 10.7. The molecule has 0 amide bonds. The Balaban J connectivity index is 2.10. The van der Waals surface area contributed by atoms with E-state index in [0.717, 1.165) is 11.8 Å². The van der Waals surface area contributed by atoms with Crippen LogP contribution < -0.4 is 0 Å². The largest absolute Gasteiger partial charge is 0.0738 e. The third kappa shape index (κ3) is 0.990. The molecule has 3 aliphatic rings. The topological polar surface area (TPSA) is 0 Å². The molecule has 84 valence electrons. The number of allylic oxidation sites excluding steroid dienone is 2. The first-order chi connectivity index (χ1) is 6.97. The van der Waals surface area contributed by atoms with Crippen LogP contribution >= 0.6 is 0 Å². The second kappa shape index (κ2) is 2.70. The van der Waals surface area contributed by atoms with Gasteiger partial charge in [0.25, 0.3) is 0 Å². The molecule has 0 heterocycles. The number of hydrogen-bond donors (Lipinski definition) is 0. The van der Waals surface area contributed by atoms with Gasteiger partial charge in [-0.1, -0.05) is 31.9 Å². The molecule has 2 fully saturated rings. The van der Waals surface area contributed by atoms with E-state index in [2.05, 4.69) is 27.7 Å². The molecule has 0 nitrogen and oxygen atoms in total. The molecule has 2 bridgehead atoms. The molecule has 0 aromatic heterocycles. The van der Waals surface area contributed by atoms with E-state index in [-0.39, 0.29) is 0 Å². The first-order valence-electron chi connectivity index (χ1n) is 6.65. The van der Waals surface area contributed by atoms with Crippen LogP contribution in [0.25, 0.3) is 0 Å². The van der Waals surface area contributed by atoms with Crippen molar-refractivity contribution >= 4 is 0 Å². The molecule has 0 aromatic rings. The summed E-state index contributed by atoms with van der Waals surface area (Å²) in [4.78, 5) is 0. The van der Waals surface area contributed by atoms with Gasteiger partial charge in [-0.15, -0.1) is 0 Å². The van der Waals surface area contributed by atoms with Crippen LogP contribution in [0.4, 0.5) is 0 Å². The van der Waals surface area contributed by atoms with E-state index >= 15 is 0 Å². The van der Waals surface area contributed by atoms with Crippen molar-refractivity contribution in [2.24, 2.45) is 22.7 Å². The lowest BCUT2D eigenvalue weighted by atomic mass is 9.53. The van der Waals surface area contributed by atoms with Crippen LogP contribution in [0.3, 0.4) is 0 Å². The van der Waals surface area contributed by atoms with Gasteiger partial charge in [-0.2, -0.15) is 0 Å². The zero-order chi connectivity index (χ0) is 10.8. The second-order valence-electron chi connectivity index (χ2n) is 6.98. The van der Waals surface area contributed by atoms with Crippen LogP contribution in [0.5, 0.6) is 0 Å². The van der Waals surface area contributed by atoms with Gasteiger partial charge in [0.2, 0.25) is 0 Å². The summed E-state index contributed by atoms with van der Waals surface area (Å²) < 4.78 is 0. The molecule has 0 spiro atoms. The SMILES string of the molecule is CC1=C2C[C@H]3CC[C@@](C)([C@H]2CC1)C3(C)C. The second-order valence-corrected chi connectivity index (χ2v) is 6.98. The molecule has 3 aliphatic carbocycles. The molecule has 0 aliphatic heterocycles. The first-order valence-corrected chi connectivity index (χ1v) is 6.65. The van der Waals surface area contributed by atoms with Crippen molar-refractivity contribution in [3.8, 4) is 0 Å². The van der Waals surface area contributed by atoms with Crippen LogP contribution in [0.2, 0.25) is 0 Å². The van der Waals surface area contributed by atoms with E-state index in [1.54, 1.807) is 5.57 Å². The summed E-state index contributed by atoms with van der Waals surface area (Å²) in [6.07, 6.45) is 7.23. The quantitative estimate of drug-likeness (QED) is 0.507. The third-order valence-corrected chi connectivity index (χ3v) is 6.52. The maximum Gasteiger partial charge on any atom is -0.0138 e. The van der Waals surface area contributed by atoms with Crippen LogP contribution in [0.15, 0.2) is 11.1 Å². The number of hydrogen-bond acceptors (Lipinski definition) is 0. The highest BCUT2D eigenvalue weighted by Crippen LogP contribution is 2.69. The van der Waals surface area contributed by atoms with Crippen LogP contribution in [0, 0.1) is 22.7 Å². The fourth-order valence-corrected chi connectivity index (χ4v) is 4.88. The molecule has 0 radical (unpaired) electrons. The molecule has 0 N–H and O–H groups in total. The maximum absolute atomic E-state index is 2.58. The van der Waals surface area contributed by atoms with Gasteiger partial charge in [0.1, 0.15) is 0 Å². The van der Waals surface area contributed by atoms with Gasteiger partial charge in [0.05, 0.1) is 0 Å². The van der Waals surface area contributed by atoms with Crippen LogP contribution in [-0.2, 0) is 0 Å². The molecular weight excluding hydrogens is 180 g/mol. The first kappa shape index (κ1) is 9.93. The molecule has 0 saturated heterocycles. The predicted octanol–water partition coefficient (Wildman–Crippen LogP) is 4.56. The van der Waals surface area contributed by atoms with Crippen molar-refractivity contribution in [2.75, 3.05) is 0 Å². The average molecular weight is 204 g/mol. The Hall–Kier alpha value is -0.260. The van der Waals surface area contributed by atoms with Crippen molar-refractivity contribution in [3.63, 3.8) is 0 Å². The van der Waals surface area contributed by atoms with E-state index in [1.807, 2.05) is 5.57 Å². The van der Waals surface area contributed by atoms with Crippen molar-refractivity contribution in [1.82, 2.24) is 0 Å². The van der Waals surface area contributed by atoms with Crippen molar-refractivity contribution in [3.05, 3.63) is 11.1 Å². The Morgan fingerprint density at radius 1 is 1.13 bits per heavy atom. The molecular formula is C15H24. The molecule has 0 unspecified atom stereocenters. The zero-order valence-electron chi connectivity index (χ0n) is 10.7. The summed E-state index contributed by atoms with van der Waals surface area (Å²) in [5, 5.41) is 0. The summed E-state index contributed by atoms with van der Waals surface area (Å²) in [5.74, 6) is 1.91. The lowest BCUT2D eigenvalue weighted by Gasteiger charge is -2.51. The highest BCUT2D eigenvalue weighted by molar-refractivity contribution is 5.30. The Morgan fingerprint density at radius 2 is 1.87 bits per heavy atom. The van der Waals surface area contributed by atoms with Gasteiger partial charge >= 0.3 is 0 Å². The highest BCUT2D eigenvalue weighted by Gasteiger charge is 2.59. The molecule has 2 saturated carbocycles. The number of rotatable bonds is 0. The summed E-state index contributed by atoms with van der Waals surface area (Å²) in [7, 11) is 0. The van der Waals surface area contributed by atoms with Gasteiger partial charge < -0.3 is 0 Å². The lowest BCUT2D eigenvalue weighted by Crippen LogP contribution is -2.44. The van der Waals surface area contributed by atoms with Gasteiger partial charge in [-0.25, -0.2) is 0 Å². The number of fused-ring (bicyclic) bond motifs is 4. The standard InChI is InChI=1S/C15H24/c1-10-5-6-13-12(10)9-11-7-8-15(13,4)14(11,2)3/h11,13H,5-9H2,1-4H3/t11-,13+,15+/m1/s1. The van der Waals surface area contributed by atoms with E-state index in [4.69, 9.17) is 0 Å². The summed E-state index contributed by atoms with van der Waals surface area (Å²) in [5.41, 5.74) is 4.82. The van der Waals surface area contributed by atoms with Gasteiger partial charge in [-0.05, 0) is 61.7 Å². The van der Waals surface area contributed by atoms with Gasteiger partial charge in [0.15, 0.2) is 0 Å². The highest BCUT2D eigenvalue weighted by atomic mass is 14.6. The molecule has 3 atom stereocenters. The van der Waals surface area contributed by atoms with E-state index in [1.165, 1.54) is 32.1 Å². The Bertz CT molecular complexity index is 334. The van der Waals surface area contributed by atoms with E-state index in [0.29, 0.717) is 10.8 Å². The summed E-state index contributed by atoms with van der Waals surface area (Å²) in [6.45, 7) is 10.0. The molecule has 0 heteroatoms. The van der Waals surface area contributed by atoms with Crippen molar-refractivity contribution < 1.29 is 0 Å². The average Bonchev–Trinajstić information content (AvgIpc) is 2.55. The van der Waals surface area contributed by atoms with E-state index < -0.39 is 0 Å². The Kier molecular flexibility index (Phi) is 1.79. The smallest absolute Gasteiger partial charge is 0.0138 e. The molecule has 0 aromatic carbocycles.